The molecule has 0 fully saturated rings. The van der Waals surface area contributed by atoms with Gasteiger partial charge in [-0.15, -0.1) is 5.10 Å². The Morgan fingerprint density at radius 1 is 1.53 bits per heavy atom. The van der Waals surface area contributed by atoms with Crippen molar-refractivity contribution in [2.75, 3.05) is 0 Å². The number of carboxylic acid groups (broad SMARTS) is 1. The third-order valence-corrected chi connectivity index (χ3v) is 3.61. The van der Waals surface area contributed by atoms with Crippen LogP contribution in [-0.4, -0.2) is 26.1 Å². The monoisotopic (exact) mass is 327 g/mol. The molecule has 2 aromatic rings. The number of carbonyl (C=O) groups is 1. The number of nitrogens with zero attached hydrogens (tertiary/aromatic N) is 3. The van der Waals surface area contributed by atoms with Crippen LogP contribution in [0.3, 0.4) is 0 Å². The largest absolute Gasteiger partial charge is 0.476 e. The fourth-order valence-corrected chi connectivity index (χ4v) is 2.20. The molecule has 7 heteroatoms. The molecule has 0 unspecified atom stereocenters. The van der Waals surface area contributed by atoms with Gasteiger partial charge in [0.25, 0.3) is 0 Å². The Hall–Kier alpha value is -1.76. The Bertz CT molecular complexity index is 627. The SMILES string of the molecule is CCc1c(C(=O)O)nnn1Cc1cccc(F)c1Br. The molecule has 100 valence electrons. The second-order valence-electron chi connectivity index (χ2n) is 3.91. The minimum Gasteiger partial charge on any atom is -0.476 e. The van der Waals surface area contributed by atoms with E-state index in [0.29, 0.717) is 22.2 Å². The predicted octanol–water partition coefficient (Wildman–Crippen LogP) is 2.49. The molecule has 0 aliphatic heterocycles. The van der Waals surface area contributed by atoms with E-state index in [-0.39, 0.29) is 18.1 Å². The van der Waals surface area contributed by atoms with Crippen LogP contribution in [0.1, 0.15) is 28.7 Å². The van der Waals surface area contributed by atoms with Crippen LogP contribution in [0.5, 0.6) is 0 Å². The van der Waals surface area contributed by atoms with E-state index in [1.807, 2.05) is 6.92 Å². The van der Waals surface area contributed by atoms with Gasteiger partial charge >= 0.3 is 5.97 Å². The average Bonchev–Trinajstić information content (AvgIpc) is 2.78. The summed E-state index contributed by atoms with van der Waals surface area (Å²) in [6.07, 6.45) is 0.488. The van der Waals surface area contributed by atoms with Crippen LogP contribution in [0.4, 0.5) is 4.39 Å². The quantitative estimate of drug-likeness (QED) is 0.936. The number of hydrogen-bond donors (Lipinski definition) is 1. The highest BCUT2D eigenvalue weighted by molar-refractivity contribution is 9.10. The zero-order valence-corrected chi connectivity index (χ0v) is 11.7. The van der Waals surface area contributed by atoms with Gasteiger partial charge in [0.2, 0.25) is 0 Å². The van der Waals surface area contributed by atoms with E-state index in [2.05, 4.69) is 26.2 Å². The molecule has 0 atom stereocenters. The first-order chi connectivity index (χ1) is 9.04. The number of aromatic carboxylic acids is 1. The summed E-state index contributed by atoms with van der Waals surface area (Å²) in [5.74, 6) is -1.48. The lowest BCUT2D eigenvalue weighted by atomic mass is 10.2. The summed E-state index contributed by atoms with van der Waals surface area (Å²) >= 11 is 3.17. The predicted molar refractivity (Wildman–Crippen MR) is 69.6 cm³/mol. The topological polar surface area (TPSA) is 68.0 Å². The molecule has 5 nitrogen and oxygen atoms in total. The Labute approximate surface area is 117 Å². The molecule has 2 rings (SSSR count). The fourth-order valence-electron chi connectivity index (χ4n) is 1.81. The van der Waals surface area contributed by atoms with Crippen LogP contribution < -0.4 is 0 Å². The zero-order chi connectivity index (χ0) is 14.0. The van der Waals surface area contributed by atoms with Crippen LogP contribution in [0.25, 0.3) is 0 Å². The molecular weight excluding hydrogens is 317 g/mol. The molecule has 0 saturated carbocycles. The number of aromatic nitrogens is 3. The van der Waals surface area contributed by atoms with E-state index in [9.17, 15) is 9.18 Å². The smallest absolute Gasteiger partial charge is 0.358 e. The molecule has 0 aliphatic carbocycles. The Morgan fingerprint density at radius 3 is 2.89 bits per heavy atom. The average molecular weight is 328 g/mol. The Kier molecular flexibility index (Phi) is 3.94. The van der Waals surface area contributed by atoms with Crippen LogP contribution in [0, 0.1) is 5.82 Å². The minimum absolute atomic E-state index is 0.0602. The van der Waals surface area contributed by atoms with Gasteiger partial charge in [-0.25, -0.2) is 13.9 Å². The van der Waals surface area contributed by atoms with Gasteiger partial charge in [-0.05, 0) is 34.0 Å². The molecule has 0 spiro atoms. The van der Waals surface area contributed by atoms with Crippen LogP contribution in [0.15, 0.2) is 22.7 Å². The summed E-state index contributed by atoms with van der Waals surface area (Å²) in [4.78, 5) is 11.0. The first-order valence-corrected chi connectivity index (χ1v) is 6.42. The number of halogens is 2. The van der Waals surface area contributed by atoms with Crippen LogP contribution in [-0.2, 0) is 13.0 Å². The normalized spacial score (nSPS) is 10.7. The van der Waals surface area contributed by atoms with Crippen molar-refractivity contribution in [3.05, 3.63) is 45.4 Å². The van der Waals surface area contributed by atoms with Gasteiger partial charge in [0, 0.05) is 0 Å². The van der Waals surface area contributed by atoms with E-state index in [0.717, 1.165) is 0 Å². The number of rotatable bonds is 4. The maximum atomic E-state index is 13.4. The van der Waals surface area contributed by atoms with Crippen LogP contribution in [0.2, 0.25) is 0 Å². The molecule has 1 heterocycles. The maximum Gasteiger partial charge on any atom is 0.358 e. The molecule has 0 bridgehead atoms. The van der Waals surface area contributed by atoms with Crippen molar-refractivity contribution in [1.29, 1.82) is 0 Å². The lowest BCUT2D eigenvalue weighted by Crippen LogP contribution is -2.09. The Morgan fingerprint density at radius 2 is 2.26 bits per heavy atom. The summed E-state index contributed by atoms with van der Waals surface area (Å²) in [6.45, 7) is 2.09. The third kappa shape index (κ3) is 2.65. The Balaban J connectivity index is 2.39. The van der Waals surface area contributed by atoms with Crippen molar-refractivity contribution in [3.8, 4) is 0 Å². The van der Waals surface area contributed by atoms with E-state index in [1.165, 1.54) is 10.7 Å². The van der Waals surface area contributed by atoms with Gasteiger partial charge in [0.15, 0.2) is 5.69 Å². The summed E-state index contributed by atoms with van der Waals surface area (Å²) in [6, 6.07) is 4.68. The van der Waals surface area contributed by atoms with Crippen molar-refractivity contribution in [1.82, 2.24) is 15.0 Å². The zero-order valence-electron chi connectivity index (χ0n) is 10.1. The van der Waals surface area contributed by atoms with E-state index >= 15 is 0 Å². The lowest BCUT2D eigenvalue weighted by Gasteiger charge is -2.07. The first kappa shape index (κ1) is 13.7. The molecule has 0 saturated heterocycles. The molecule has 0 amide bonds. The van der Waals surface area contributed by atoms with E-state index in [1.54, 1.807) is 12.1 Å². The van der Waals surface area contributed by atoms with E-state index < -0.39 is 5.97 Å². The highest BCUT2D eigenvalue weighted by Crippen LogP contribution is 2.22. The third-order valence-electron chi connectivity index (χ3n) is 2.73. The minimum atomic E-state index is -1.11. The van der Waals surface area contributed by atoms with Gasteiger partial charge in [0.1, 0.15) is 5.82 Å². The van der Waals surface area contributed by atoms with Gasteiger partial charge in [-0.3, -0.25) is 0 Å². The molecular formula is C12H11BrFN3O2. The summed E-state index contributed by atoms with van der Waals surface area (Å²) in [5, 5.41) is 16.4. The highest BCUT2D eigenvalue weighted by Gasteiger charge is 2.18. The maximum absolute atomic E-state index is 13.4. The fraction of sp³-hybridized carbons (Fsp3) is 0.250. The standard InChI is InChI=1S/C12H11BrFN3O2/c1-2-9-11(12(18)19)15-16-17(9)6-7-4-3-5-8(14)10(7)13/h3-5H,2,6H2,1H3,(H,18,19). The van der Waals surface area contributed by atoms with Gasteiger partial charge in [-0.2, -0.15) is 0 Å². The van der Waals surface area contributed by atoms with Crippen molar-refractivity contribution >= 4 is 21.9 Å². The number of hydrogen-bond acceptors (Lipinski definition) is 3. The van der Waals surface area contributed by atoms with E-state index in [4.69, 9.17) is 5.11 Å². The van der Waals surface area contributed by atoms with Gasteiger partial charge in [0.05, 0.1) is 16.7 Å². The summed E-state index contributed by atoms with van der Waals surface area (Å²) in [5.41, 5.74) is 1.13. The summed E-state index contributed by atoms with van der Waals surface area (Å²) in [7, 11) is 0. The molecule has 1 N–H and O–H groups in total. The second kappa shape index (κ2) is 5.48. The van der Waals surface area contributed by atoms with Crippen molar-refractivity contribution in [2.24, 2.45) is 0 Å². The van der Waals surface area contributed by atoms with Gasteiger partial charge in [-0.1, -0.05) is 24.3 Å². The lowest BCUT2D eigenvalue weighted by molar-refractivity contribution is 0.0689. The molecule has 1 aromatic carbocycles. The highest BCUT2D eigenvalue weighted by atomic mass is 79.9. The molecule has 1 aromatic heterocycles. The van der Waals surface area contributed by atoms with Crippen LogP contribution >= 0.6 is 15.9 Å². The molecule has 0 aliphatic rings. The number of benzene rings is 1. The van der Waals surface area contributed by atoms with Crippen molar-refractivity contribution < 1.29 is 14.3 Å². The molecule has 19 heavy (non-hydrogen) atoms. The molecule has 0 radical (unpaired) electrons. The second-order valence-corrected chi connectivity index (χ2v) is 4.71. The number of carboxylic acids is 1. The van der Waals surface area contributed by atoms with Gasteiger partial charge < -0.3 is 5.11 Å². The first-order valence-electron chi connectivity index (χ1n) is 5.63. The van der Waals surface area contributed by atoms with Crippen molar-refractivity contribution in [3.63, 3.8) is 0 Å². The van der Waals surface area contributed by atoms with Crippen molar-refractivity contribution in [2.45, 2.75) is 19.9 Å². The summed E-state index contributed by atoms with van der Waals surface area (Å²) < 4.78 is 15.2.